The molecule has 2 aromatic heterocycles. The molecule has 0 aliphatic carbocycles. The quantitative estimate of drug-likeness (QED) is 0.458. The lowest BCUT2D eigenvalue weighted by Gasteiger charge is -2.19. The van der Waals surface area contributed by atoms with Gasteiger partial charge in [0, 0.05) is 33.8 Å². The van der Waals surface area contributed by atoms with Crippen LogP contribution in [0.3, 0.4) is 0 Å². The summed E-state index contributed by atoms with van der Waals surface area (Å²) in [7, 11) is 0. The number of carbonyl (C=O) groups is 1. The van der Waals surface area contributed by atoms with Gasteiger partial charge in [0.25, 0.3) is 0 Å². The average Bonchev–Trinajstić information content (AvgIpc) is 2.97. The monoisotopic (exact) mass is 380 g/mol. The van der Waals surface area contributed by atoms with E-state index in [9.17, 15) is 19.8 Å². The maximum Gasteiger partial charge on any atom is 0.336 e. The highest BCUT2D eigenvalue weighted by molar-refractivity contribution is 6.12. The molecule has 0 aliphatic heterocycles. The van der Waals surface area contributed by atoms with Gasteiger partial charge in [-0.25, -0.2) is 4.79 Å². The third-order valence-electron chi connectivity index (χ3n) is 4.94. The van der Waals surface area contributed by atoms with E-state index in [1.54, 1.807) is 12.1 Å². The van der Waals surface area contributed by atoms with Gasteiger partial charge in [0.2, 0.25) is 5.91 Å². The molecule has 2 atom stereocenters. The van der Waals surface area contributed by atoms with E-state index in [2.05, 4.69) is 5.32 Å². The van der Waals surface area contributed by atoms with Crippen LogP contribution in [0.5, 0.6) is 0 Å². The lowest BCUT2D eigenvalue weighted by atomic mass is 10.1. The molecule has 144 valence electrons. The Labute approximate surface area is 159 Å². The lowest BCUT2D eigenvalue weighted by Crippen LogP contribution is -2.45. The van der Waals surface area contributed by atoms with Gasteiger partial charge in [-0.3, -0.25) is 4.79 Å². The molecule has 0 saturated carbocycles. The normalized spacial score (nSPS) is 13.8. The van der Waals surface area contributed by atoms with E-state index >= 15 is 0 Å². The van der Waals surface area contributed by atoms with Gasteiger partial charge in [-0.15, -0.1) is 0 Å². The Morgan fingerprint density at radius 3 is 2.68 bits per heavy atom. The Morgan fingerprint density at radius 1 is 1.14 bits per heavy atom. The van der Waals surface area contributed by atoms with Crippen molar-refractivity contribution in [3.8, 4) is 0 Å². The van der Waals surface area contributed by atoms with Gasteiger partial charge < -0.3 is 24.5 Å². The van der Waals surface area contributed by atoms with Gasteiger partial charge in [-0.05, 0) is 25.1 Å². The fourth-order valence-corrected chi connectivity index (χ4v) is 3.50. The van der Waals surface area contributed by atoms with Crippen molar-refractivity contribution in [2.24, 2.45) is 0 Å². The second-order valence-electron chi connectivity index (χ2n) is 6.86. The van der Waals surface area contributed by atoms with Crippen molar-refractivity contribution in [2.45, 2.75) is 25.6 Å². The molecule has 1 amide bonds. The Kier molecular flexibility index (Phi) is 4.62. The minimum absolute atomic E-state index is 0.00416. The van der Waals surface area contributed by atoms with Crippen molar-refractivity contribution in [2.75, 3.05) is 6.61 Å². The van der Waals surface area contributed by atoms with Crippen molar-refractivity contribution in [3.63, 3.8) is 0 Å². The Morgan fingerprint density at radius 2 is 1.93 bits per heavy atom. The zero-order valence-corrected chi connectivity index (χ0v) is 15.3. The summed E-state index contributed by atoms with van der Waals surface area (Å²) in [5.74, 6) is -0.336. The molecule has 0 spiro atoms. The molecular weight excluding hydrogens is 360 g/mol. The lowest BCUT2D eigenvalue weighted by molar-refractivity contribution is -0.123. The van der Waals surface area contributed by atoms with Crippen LogP contribution in [0, 0.1) is 0 Å². The Hall–Kier alpha value is -3.16. The predicted octanol–water partition coefficient (Wildman–Crippen LogP) is 1.76. The summed E-state index contributed by atoms with van der Waals surface area (Å²) < 4.78 is 7.14. The number of aliphatic hydroxyl groups excluding tert-OH is 2. The number of carbonyl (C=O) groups excluding carboxylic acids is 1. The van der Waals surface area contributed by atoms with E-state index in [0.29, 0.717) is 5.58 Å². The number of nitrogens with zero attached hydrogens (tertiary/aromatic N) is 1. The summed E-state index contributed by atoms with van der Waals surface area (Å²) in [5.41, 5.74) is 1.63. The van der Waals surface area contributed by atoms with Gasteiger partial charge in [-0.2, -0.15) is 0 Å². The first kappa shape index (κ1) is 18.2. The largest absolute Gasteiger partial charge is 0.423 e. The number of aromatic nitrogens is 1. The SMILES string of the molecule is C[C@@H](O)[C@@H](CO)NC(=O)Cn1c2ccccc2c2cc3ccc(=O)oc3cc21. The highest BCUT2D eigenvalue weighted by atomic mass is 16.4. The fraction of sp³-hybridized carbons (Fsp3) is 0.238. The summed E-state index contributed by atoms with van der Waals surface area (Å²) in [6.45, 7) is 1.15. The number of hydrogen-bond donors (Lipinski definition) is 3. The molecule has 3 N–H and O–H groups in total. The van der Waals surface area contributed by atoms with Crippen molar-refractivity contribution in [1.82, 2.24) is 9.88 Å². The van der Waals surface area contributed by atoms with Gasteiger partial charge in [0.05, 0.1) is 24.3 Å². The molecule has 2 aromatic carbocycles. The van der Waals surface area contributed by atoms with Gasteiger partial charge in [0.1, 0.15) is 12.1 Å². The van der Waals surface area contributed by atoms with Crippen LogP contribution in [0.2, 0.25) is 0 Å². The molecule has 7 heteroatoms. The molecule has 7 nitrogen and oxygen atoms in total. The zero-order valence-electron chi connectivity index (χ0n) is 15.3. The summed E-state index contributed by atoms with van der Waals surface area (Å²) in [6, 6.07) is 13.8. The third kappa shape index (κ3) is 3.15. The fourth-order valence-electron chi connectivity index (χ4n) is 3.50. The van der Waals surface area contributed by atoms with E-state index in [1.165, 1.54) is 13.0 Å². The van der Waals surface area contributed by atoms with Crippen LogP contribution in [0.15, 0.2) is 57.7 Å². The summed E-state index contributed by atoms with van der Waals surface area (Å²) >= 11 is 0. The molecular formula is C21H20N2O5. The first-order valence-electron chi connectivity index (χ1n) is 9.01. The van der Waals surface area contributed by atoms with Crippen molar-refractivity contribution >= 4 is 38.7 Å². The van der Waals surface area contributed by atoms with Crippen molar-refractivity contribution in [3.05, 3.63) is 59.0 Å². The average molecular weight is 380 g/mol. The maximum atomic E-state index is 12.6. The highest BCUT2D eigenvalue weighted by Gasteiger charge is 2.19. The van der Waals surface area contributed by atoms with Crippen LogP contribution >= 0.6 is 0 Å². The van der Waals surface area contributed by atoms with Crippen LogP contribution in [0.25, 0.3) is 32.8 Å². The molecule has 0 unspecified atom stereocenters. The smallest absolute Gasteiger partial charge is 0.336 e. The van der Waals surface area contributed by atoms with Crippen LogP contribution in [0.1, 0.15) is 6.92 Å². The first-order chi connectivity index (χ1) is 13.5. The van der Waals surface area contributed by atoms with E-state index in [-0.39, 0.29) is 19.1 Å². The van der Waals surface area contributed by atoms with Gasteiger partial charge in [-0.1, -0.05) is 18.2 Å². The minimum atomic E-state index is -0.870. The molecule has 4 aromatic rings. The number of para-hydroxylation sites is 1. The van der Waals surface area contributed by atoms with E-state index in [1.807, 2.05) is 34.9 Å². The van der Waals surface area contributed by atoms with Crippen LogP contribution in [-0.4, -0.2) is 39.4 Å². The zero-order chi connectivity index (χ0) is 19.8. The molecule has 0 bridgehead atoms. The molecule has 0 saturated heterocycles. The number of nitrogens with one attached hydrogen (secondary N) is 1. The standard InChI is InChI=1S/C21H20N2O5/c1-12(25)16(11-24)22-20(26)10-23-17-5-3-2-4-14(17)15-8-13-6-7-21(27)28-19(13)9-18(15)23/h2-9,12,16,24-25H,10-11H2,1H3,(H,22,26)/t12-,16-/m1/s1. The van der Waals surface area contributed by atoms with E-state index in [4.69, 9.17) is 4.42 Å². The second kappa shape index (κ2) is 7.10. The van der Waals surface area contributed by atoms with E-state index < -0.39 is 17.8 Å². The van der Waals surface area contributed by atoms with Crippen molar-refractivity contribution in [1.29, 1.82) is 0 Å². The van der Waals surface area contributed by atoms with Crippen molar-refractivity contribution < 1.29 is 19.4 Å². The molecule has 0 fully saturated rings. The Bertz CT molecular complexity index is 1240. The van der Waals surface area contributed by atoms with E-state index in [0.717, 1.165) is 27.2 Å². The number of aliphatic hydroxyl groups is 2. The topological polar surface area (TPSA) is 105 Å². The number of hydrogen-bond acceptors (Lipinski definition) is 5. The summed E-state index contributed by atoms with van der Waals surface area (Å²) in [4.78, 5) is 24.1. The minimum Gasteiger partial charge on any atom is -0.423 e. The number of amides is 1. The highest BCUT2D eigenvalue weighted by Crippen LogP contribution is 2.32. The number of fused-ring (bicyclic) bond motifs is 4. The summed E-state index contributed by atoms with van der Waals surface area (Å²) in [6.07, 6.45) is -0.870. The number of rotatable bonds is 5. The van der Waals surface area contributed by atoms with Gasteiger partial charge >= 0.3 is 5.63 Å². The van der Waals surface area contributed by atoms with Crippen LogP contribution in [0.4, 0.5) is 0 Å². The van der Waals surface area contributed by atoms with Crippen LogP contribution in [-0.2, 0) is 11.3 Å². The van der Waals surface area contributed by atoms with Gasteiger partial charge in [0.15, 0.2) is 0 Å². The molecule has 2 heterocycles. The molecule has 0 radical (unpaired) electrons. The maximum absolute atomic E-state index is 12.6. The second-order valence-corrected chi connectivity index (χ2v) is 6.86. The molecule has 4 rings (SSSR count). The molecule has 28 heavy (non-hydrogen) atoms. The Balaban J connectivity index is 1.85. The predicted molar refractivity (Wildman–Crippen MR) is 106 cm³/mol. The third-order valence-corrected chi connectivity index (χ3v) is 4.94. The van der Waals surface area contributed by atoms with Crippen LogP contribution < -0.4 is 10.9 Å². The number of benzene rings is 2. The summed E-state index contributed by atoms with van der Waals surface area (Å²) in [5, 5.41) is 24.4. The molecule has 0 aliphatic rings. The first-order valence-corrected chi connectivity index (χ1v) is 9.01.